The van der Waals surface area contributed by atoms with Crippen molar-refractivity contribution in [3.8, 4) is 0 Å². The fourth-order valence-electron chi connectivity index (χ4n) is 1.84. The third-order valence-corrected chi connectivity index (χ3v) is 2.73. The standard InChI is InChI=1S/C10H15N3O2/c1-8-11-2-3-12(8)4-5-13-7-9(14)6-10(13)15/h2-3,9,14H,4-7H2,1H3. The second-order valence-corrected chi connectivity index (χ2v) is 3.87. The van der Waals surface area contributed by atoms with E-state index in [4.69, 9.17) is 0 Å². The fourth-order valence-corrected chi connectivity index (χ4v) is 1.84. The second kappa shape index (κ2) is 4.02. The lowest BCUT2D eigenvalue weighted by atomic mass is 10.3. The van der Waals surface area contributed by atoms with Gasteiger partial charge in [0.2, 0.25) is 5.91 Å². The second-order valence-electron chi connectivity index (χ2n) is 3.87. The minimum atomic E-state index is -0.485. The number of β-amino-alcohol motifs (C(OH)–C–C–N with tert-alkyl or cyclic N) is 1. The first kappa shape index (κ1) is 10.2. The van der Waals surface area contributed by atoms with Gasteiger partial charge in [-0.3, -0.25) is 4.79 Å². The minimum absolute atomic E-state index is 0.0419. The van der Waals surface area contributed by atoms with Crippen molar-refractivity contribution < 1.29 is 9.90 Å². The Morgan fingerprint density at radius 3 is 2.93 bits per heavy atom. The first-order chi connectivity index (χ1) is 7.16. The molecule has 1 amide bonds. The van der Waals surface area contributed by atoms with E-state index in [1.807, 2.05) is 17.7 Å². The van der Waals surface area contributed by atoms with Gasteiger partial charge in [0.15, 0.2) is 0 Å². The number of aliphatic hydroxyl groups is 1. The molecule has 15 heavy (non-hydrogen) atoms. The Morgan fingerprint density at radius 1 is 1.60 bits per heavy atom. The van der Waals surface area contributed by atoms with Crippen LogP contribution in [-0.2, 0) is 11.3 Å². The zero-order valence-electron chi connectivity index (χ0n) is 8.76. The van der Waals surface area contributed by atoms with Crippen LogP contribution in [0.15, 0.2) is 12.4 Å². The van der Waals surface area contributed by atoms with Crippen LogP contribution in [0.2, 0.25) is 0 Å². The number of carbonyl (C=O) groups is 1. The quantitative estimate of drug-likeness (QED) is 0.749. The van der Waals surface area contributed by atoms with Crippen LogP contribution in [0.1, 0.15) is 12.2 Å². The highest BCUT2D eigenvalue weighted by molar-refractivity contribution is 5.78. The van der Waals surface area contributed by atoms with Crippen molar-refractivity contribution in [1.82, 2.24) is 14.5 Å². The van der Waals surface area contributed by atoms with E-state index in [1.54, 1.807) is 11.1 Å². The molecule has 0 aromatic carbocycles. The Bertz CT molecular complexity index is 361. The molecular formula is C10H15N3O2. The van der Waals surface area contributed by atoms with E-state index >= 15 is 0 Å². The third kappa shape index (κ3) is 2.18. The molecule has 0 spiro atoms. The largest absolute Gasteiger partial charge is 0.391 e. The van der Waals surface area contributed by atoms with Crippen LogP contribution in [0, 0.1) is 6.92 Å². The van der Waals surface area contributed by atoms with Crippen LogP contribution < -0.4 is 0 Å². The molecule has 1 aromatic rings. The maximum absolute atomic E-state index is 11.4. The van der Waals surface area contributed by atoms with Crippen molar-refractivity contribution in [2.45, 2.75) is 26.0 Å². The van der Waals surface area contributed by atoms with Crippen LogP contribution in [0.4, 0.5) is 0 Å². The van der Waals surface area contributed by atoms with Gasteiger partial charge in [-0.1, -0.05) is 0 Å². The van der Waals surface area contributed by atoms with Gasteiger partial charge in [0.05, 0.1) is 12.5 Å². The van der Waals surface area contributed by atoms with Gasteiger partial charge < -0.3 is 14.6 Å². The van der Waals surface area contributed by atoms with Crippen molar-refractivity contribution in [2.75, 3.05) is 13.1 Å². The first-order valence-corrected chi connectivity index (χ1v) is 5.10. The van der Waals surface area contributed by atoms with Gasteiger partial charge in [0.1, 0.15) is 5.82 Å². The predicted octanol–water partition coefficient (Wildman–Crippen LogP) is -0.215. The molecule has 82 valence electrons. The molecule has 5 heteroatoms. The molecule has 1 unspecified atom stereocenters. The number of aromatic nitrogens is 2. The van der Waals surface area contributed by atoms with Gasteiger partial charge in [-0.15, -0.1) is 0 Å². The van der Waals surface area contributed by atoms with Crippen molar-refractivity contribution in [3.63, 3.8) is 0 Å². The molecule has 1 saturated heterocycles. The highest BCUT2D eigenvalue weighted by Gasteiger charge is 2.27. The maximum Gasteiger partial charge on any atom is 0.225 e. The highest BCUT2D eigenvalue weighted by Crippen LogP contribution is 2.10. The van der Waals surface area contributed by atoms with Gasteiger partial charge in [-0.05, 0) is 6.92 Å². The molecule has 1 aliphatic rings. The van der Waals surface area contributed by atoms with Crippen LogP contribution in [-0.4, -0.2) is 44.7 Å². The van der Waals surface area contributed by atoms with Crippen molar-refractivity contribution in [3.05, 3.63) is 18.2 Å². The molecular weight excluding hydrogens is 194 g/mol. The number of imidazole rings is 1. The average Bonchev–Trinajstić information content (AvgIpc) is 2.70. The van der Waals surface area contributed by atoms with Crippen LogP contribution in [0.5, 0.6) is 0 Å². The monoisotopic (exact) mass is 209 g/mol. The van der Waals surface area contributed by atoms with Gasteiger partial charge in [0.25, 0.3) is 0 Å². The van der Waals surface area contributed by atoms with E-state index < -0.39 is 6.10 Å². The molecule has 1 atom stereocenters. The zero-order chi connectivity index (χ0) is 10.8. The summed E-state index contributed by atoms with van der Waals surface area (Å²) in [4.78, 5) is 17.2. The summed E-state index contributed by atoms with van der Waals surface area (Å²) in [5.74, 6) is 0.988. The van der Waals surface area contributed by atoms with Gasteiger partial charge in [0, 0.05) is 32.0 Å². The maximum atomic E-state index is 11.4. The third-order valence-electron chi connectivity index (χ3n) is 2.73. The number of likely N-dealkylation sites (tertiary alicyclic amines) is 1. The number of hydrogen-bond acceptors (Lipinski definition) is 3. The Morgan fingerprint density at radius 2 is 2.40 bits per heavy atom. The topological polar surface area (TPSA) is 58.4 Å². The van der Waals surface area contributed by atoms with Gasteiger partial charge in [-0.25, -0.2) is 4.98 Å². The van der Waals surface area contributed by atoms with Crippen molar-refractivity contribution in [2.24, 2.45) is 0 Å². The van der Waals surface area contributed by atoms with Crippen LogP contribution in [0.25, 0.3) is 0 Å². The van der Waals surface area contributed by atoms with E-state index in [0.29, 0.717) is 13.1 Å². The summed E-state index contributed by atoms with van der Waals surface area (Å²) in [5, 5.41) is 9.30. The molecule has 0 aliphatic carbocycles. The Balaban J connectivity index is 1.89. The Labute approximate surface area is 88.3 Å². The normalized spacial score (nSPS) is 21.3. The summed E-state index contributed by atoms with van der Waals surface area (Å²) in [6, 6.07) is 0. The number of aliphatic hydroxyl groups excluding tert-OH is 1. The summed E-state index contributed by atoms with van der Waals surface area (Å²) in [5.41, 5.74) is 0. The molecule has 1 aliphatic heterocycles. The summed E-state index contributed by atoms with van der Waals surface area (Å²) in [6.07, 6.45) is 3.42. The van der Waals surface area contributed by atoms with Gasteiger partial charge >= 0.3 is 0 Å². The van der Waals surface area contributed by atoms with E-state index in [9.17, 15) is 9.90 Å². The molecule has 1 N–H and O–H groups in total. The number of aryl methyl sites for hydroxylation is 1. The molecule has 0 bridgehead atoms. The van der Waals surface area contributed by atoms with E-state index in [0.717, 1.165) is 12.4 Å². The molecule has 2 heterocycles. The smallest absolute Gasteiger partial charge is 0.225 e. The lowest BCUT2D eigenvalue weighted by Gasteiger charge is -2.16. The number of rotatable bonds is 3. The van der Waals surface area contributed by atoms with Gasteiger partial charge in [-0.2, -0.15) is 0 Å². The SMILES string of the molecule is Cc1nccn1CCN1CC(O)CC1=O. The first-order valence-electron chi connectivity index (χ1n) is 5.10. The fraction of sp³-hybridized carbons (Fsp3) is 0.600. The number of hydrogen-bond donors (Lipinski definition) is 1. The van der Waals surface area contributed by atoms with E-state index in [2.05, 4.69) is 4.98 Å². The lowest BCUT2D eigenvalue weighted by Crippen LogP contribution is -2.29. The van der Waals surface area contributed by atoms with Crippen molar-refractivity contribution in [1.29, 1.82) is 0 Å². The Hall–Kier alpha value is -1.36. The highest BCUT2D eigenvalue weighted by atomic mass is 16.3. The molecule has 0 radical (unpaired) electrons. The van der Waals surface area contributed by atoms with Crippen LogP contribution in [0.3, 0.4) is 0 Å². The zero-order valence-corrected chi connectivity index (χ0v) is 8.76. The molecule has 1 fully saturated rings. The average molecular weight is 209 g/mol. The number of nitrogens with zero attached hydrogens (tertiary/aromatic N) is 3. The van der Waals surface area contributed by atoms with Crippen LogP contribution >= 0.6 is 0 Å². The summed E-state index contributed by atoms with van der Waals surface area (Å²) in [6.45, 7) is 3.78. The molecule has 2 rings (SSSR count). The Kier molecular flexibility index (Phi) is 2.73. The summed E-state index contributed by atoms with van der Waals surface area (Å²) in [7, 11) is 0. The summed E-state index contributed by atoms with van der Waals surface area (Å²) >= 11 is 0. The van der Waals surface area contributed by atoms with E-state index in [1.165, 1.54) is 0 Å². The molecule has 1 aromatic heterocycles. The lowest BCUT2D eigenvalue weighted by molar-refractivity contribution is -0.127. The molecule has 5 nitrogen and oxygen atoms in total. The van der Waals surface area contributed by atoms with E-state index in [-0.39, 0.29) is 12.3 Å². The number of carbonyl (C=O) groups excluding carboxylic acids is 1. The molecule has 0 saturated carbocycles. The van der Waals surface area contributed by atoms with Crippen molar-refractivity contribution >= 4 is 5.91 Å². The minimum Gasteiger partial charge on any atom is -0.391 e. The predicted molar refractivity (Wildman–Crippen MR) is 54.2 cm³/mol. The number of amides is 1. The summed E-state index contributed by atoms with van der Waals surface area (Å²) < 4.78 is 2.00.